The zero-order valence-corrected chi connectivity index (χ0v) is 22.1. The van der Waals surface area contributed by atoms with Crippen LogP contribution in [0.1, 0.15) is 11.2 Å². The van der Waals surface area contributed by atoms with Crippen LogP contribution in [0.15, 0.2) is 146 Å². The molecule has 36 heavy (non-hydrogen) atoms. The molecule has 0 spiro atoms. The summed E-state index contributed by atoms with van der Waals surface area (Å²) in [6.07, 6.45) is 0. The quantitative estimate of drug-likeness (QED) is 0.193. The van der Waals surface area contributed by atoms with Crippen LogP contribution in [0.5, 0.6) is 11.5 Å². The summed E-state index contributed by atoms with van der Waals surface area (Å²) in [5.74, 6) is 1.46. The van der Waals surface area contributed by atoms with Gasteiger partial charge in [0.2, 0.25) is 0 Å². The summed E-state index contributed by atoms with van der Waals surface area (Å²) in [6, 6.07) is 51.6. The van der Waals surface area contributed by atoms with Crippen molar-refractivity contribution in [1.29, 1.82) is 5.26 Å². The van der Waals surface area contributed by atoms with Gasteiger partial charge in [-0.15, -0.1) is 0 Å². The monoisotopic (exact) mass is 549 g/mol. The maximum absolute atomic E-state index is 11.0. The second-order valence-electron chi connectivity index (χ2n) is 8.60. The van der Waals surface area contributed by atoms with Gasteiger partial charge in [-0.3, -0.25) is 0 Å². The normalized spacial score (nSPS) is 13.1. The number of para-hydroxylation sites is 1. The van der Waals surface area contributed by atoms with Gasteiger partial charge in [0.05, 0.1) is 0 Å². The van der Waals surface area contributed by atoms with Gasteiger partial charge in [0.1, 0.15) is 0 Å². The van der Waals surface area contributed by atoms with Crippen LogP contribution < -0.4 is 20.7 Å². The number of benzene rings is 5. The van der Waals surface area contributed by atoms with Crippen molar-refractivity contribution >= 4 is 36.7 Å². The third-order valence-electron chi connectivity index (χ3n) is 6.54. The van der Waals surface area contributed by atoms with Crippen LogP contribution in [0.25, 0.3) is 0 Å². The van der Waals surface area contributed by atoms with Gasteiger partial charge >= 0.3 is 221 Å². The molecule has 5 aromatic carbocycles. The van der Waals surface area contributed by atoms with Gasteiger partial charge in [-0.05, 0) is 0 Å². The average Bonchev–Trinajstić information content (AvgIpc) is 2.95. The van der Waals surface area contributed by atoms with E-state index in [4.69, 9.17) is 4.74 Å². The first-order valence-corrected chi connectivity index (χ1v) is 16.1. The SMILES string of the molecule is N#CC(c1cccc(Oc2ccccc2)c1)P(Br)(c1ccccc1)(c1ccccc1)c1ccccc1. The van der Waals surface area contributed by atoms with Crippen LogP contribution in [0, 0.1) is 11.3 Å². The molecule has 0 aliphatic rings. The number of rotatable bonds is 7. The fraction of sp³-hybridized carbons (Fsp3) is 0.0312. The molecule has 0 aliphatic carbocycles. The molecule has 0 saturated heterocycles. The van der Waals surface area contributed by atoms with Gasteiger partial charge in [0.25, 0.3) is 0 Å². The molecule has 0 amide bonds. The molecule has 5 rings (SSSR count). The molecule has 1 atom stereocenters. The Morgan fingerprint density at radius 3 is 1.42 bits per heavy atom. The third kappa shape index (κ3) is 4.03. The van der Waals surface area contributed by atoms with E-state index in [-0.39, 0.29) is 0 Å². The van der Waals surface area contributed by atoms with E-state index in [0.29, 0.717) is 5.75 Å². The van der Waals surface area contributed by atoms with Crippen LogP contribution in [-0.2, 0) is 0 Å². The van der Waals surface area contributed by atoms with Crippen molar-refractivity contribution in [3.05, 3.63) is 151 Å². The van der Waals surface area contributed by atoms with E-state index in [1.165, 1.54) is 0 Å². The van der Waals surface area contributed by atoms with Crippen molar-refractivity contribution in [2.45, 2.75) is 5.66 Å². The van der Waals surface area contributed by atoms with Gasteiger partial charge in [0, 0.05) is 0 Å². The number of hydrogen-bond acceptors (Lipinski definition) is 2. The second kappa shape index (κ2) is 10.1. The number of nitriles is 1. The van der Waals surface area contributed by atoms with Crippen molar-refractivity contribution in [3.63, 3.8) is 0 Å². The number of nitrogens with zero attached hydrogens (tertiary/aromatic N) is 1. The molecule has 1 unspecified atom stereocenters. The molecule has 4 heteroatoms. The van der Waals surface area contributed by atoms with Crippen molar-refractivity contribution in [3.8, 4) is 17.6 Å². The van der Waals surface area contributed by atoms with E-state index in [1.54, 1.807) is 0 Å². The van der Waals surface area contributed by atoms with Crippen molar-refractivity contribution in [2.75, 3.05) is 0 Å². The molecule has 0 radical (unpaired) electrons. The minimum atomic E-state index is -3.54. The maximum atomic E-state index is 11.0. The first kappa shape index (κ1) is 24.0. The Labute approximate surface area is 220 Å². The van der Waals surface area contributed by atoms with Crippen LogP contribution in [-0.4, -0.2) is 0 Å². The summed E-state index contributed by atoms with van der Waals surface area (Å²) < 4.78 is 6.17. The molecular weight excluding hydrogens is 525 g/mol. The van der Waals surface area contributed by atoms with Crippen LogP contribution >= 0.6 is 20.8 Å². The van der Waals surface area contributed by atoms with Crippen LogP contribution in [0.4, 0.5) is 0 Å². The summed E-state index contributed by atoms with van der Waals surface area (Å²) >= 11 is 4.44. The third-order valence-corrected chi connectivity index (χ3v) is 16.8. The molecule has 176 valence electrons. The van der Waals surface area contributed by atoms with Gasteiger partial charge in [0.15, 0.2) is 0 Å². The van der Waals surface area contributed by atoms with Crippen molar-refractivity contribution in [1.82, 2.24) is 0 Å². The summed E-state index contributed by atoms with van der Waals surface area (Å²) in [4.78, 5) is 0. The summed E-state index contributed by atoms with van der Waals surface area (Å²) in [5.41, 5.74) is 0.388. The average molecular weight is 550 g/mol. The Morgan fingerprint density at radius 1 is 0.556 bits per heavy atom. The molecule has 0 N–H and O–H groups in total. The summed E-state index contributed by atoms with van der Waals surface area (Å²) in [5, 5.41) is 10.7. The van der Waals surface area contributed by atoms with E-state index < -0.39 is 11.0 Å². The van der Waals surface area contributed by atoms with Gasteiger partial charge in [-0.25, -0.2) is 0 Å². The first-order chi connectivity index (χ1) is 17.6. The molecule has 5 aromatic rings. The van der Waals surface area contributed by atoms with Gasteiger partial charge in [-0.2, -0.15) is 0 Å². The van der Waals surface area contributed by atoms with E-state index in [2.05, 4.69) is 58.0 Å². The Hall–Kier alpha value is -3.70. The fourth-order valence-corrected chi connectivity index (χ4v) is 13.0. The van der Waals surface area contributed by atoms with E-state index >= 15 is 0 Å². The molecular formula is C32H25BrNOP. The molecule has 2 nitrogen and oxygen atoms in total. The molecule has 0 fully saturated rings. The van der Waals surface area contributed by atoms with Crippen molar-refractivity contribution < 1.29 is 4.74 Å². The van der Waals surface area contributed by atoms with Crippen LogP contribution in [0.3, 0.4) is 0 Å². The second-order valence-corrected chi connectivity index (χ2v) is 17.2. The fourth-order valence-electron chi connectivity index (χ4n) is 4.89. The molecule has 0 aromatic heterocycles. The Morgan fingerprint density at radius 2 is 0.972 bits per heavy atom. The molecule has 0 bridgehead atoms. The van der Waals surface area contributed by atoms with E-state index in [1.807, 2.05) is 109 Å². The number of ether oxygens (including phenoxy) is 1. The van der Waals surface area contributed by atoms with Crippen LogP contribution in [0.2, 0.25) is 0 Å². The Kier molecular flexibility index (Phi) is 6.75. The summed E-state index contributed by atoms with van der Waals surface area (Å²) in [7, 11) is 0. The number of halogens is 1. The van der Waals surface area contributed by atoms with E-state index in [9.17, 15) is 5.26 Å². The minimum absolute atomic E-state index is 0.512. The Bertz CT molecular complexity index is 1390. The standard InChI is InChI=1S/C32H25BrNOP/c33-36(29-18-7-2-8-19-29,30-20-9-3-10-21-30,31-22-11-4-12-23-31)32(25-34)26-14-13-17-28(24-26)35-27-15-5-1-6-16-27/h1-24,32H. The molecule has 0 saturated carbocycles. The topological polar surface area (TPSA) is 33.0 Å². The predicted octanol–water partition coefficient (Wildman–Crippen LogP) is 7.88. The first-order valence-electron chi connectivity index (χ1n) is 11.8. The predicted molar refractivity (Wildman–Crippen MR) is 155 cm³/mol. The molecule has 0 aliphatic heterocycles. The number of hydrogen-bond donors (Lipinski definition) is 0. The van der Waals surface area contributed by atoms with Gasteiger partial charge in [-0.1, -0.05) is 0 Å². The molecule has 0 heterocycles. The van der Waals surface area contributed by atoms with Gasteiger partial charge < -0.3 is 0 Å². The van der Waals surface area contributed by atoms with E-state index in [0.717, 1.165) is 27.2 Å². The zero-order chi connectivity index (χ0) is 24.9. The zero-order valence-electron chi connectivity index (χ0n) is 19.6. The Balaban J connectivity index is 1.80. The summed E-state index contributed by atoms with van der Waals surface area (Å²) in [6.45, 7) is 0. The van der Waals surface area contributed by atoms with Crippen molar-refractivity contribution in [2.24, 2.45) is 0 Å².